The summed E-state index contributed by atoms with van der Waals surface area (Å²) in [5, 5.41) is 0. The Hall–Kier alpha value is 0. The smallest absolute Gasteiger partial charge is 0.0290 e. The molecule has 13 heavy (non-hydrogen) atoms. The van der Waals surface area contributed by atoms with Crippen LogP contribution in [0.4, 0.5) is 0 Å². The molecule has 0 aromatic rings. The summed E-state index contributed by atoms with van der Waals surface area (Å²) in [5.74, 6) is 2.05. The van der Waals surface area contributed by atoms with Crippen LogP contribution in [-0.2, 0) is 0 Å². The zero-order valence-corrected chi connectivity index (χ0v) is 9.69. The lowest BCUT2D eigenvalue weighted by Gasteiger charge is -2.36. The molecule has 2 rings (SSSR count). The van der Waals surface area contributed by atoms with E-state index in [0.717, 1.165) is 11.8 Å². The molecule has 0 radical (unpaired) electrons. The standard InChI is InChI=1S/C13H24/c1-5-8-13(4)9-10-6-7-11(13)12(10,2)3/h10-11H,5-9H2,1-4H3. The highest BCUT2D eigenvalue weighted by molar-refractivity contribution is 5.07. The van der Waals surface area contributed by atoms with Crippen LogP contribution in [0.15, 0.2) is 0 Å². The first-order valence-corrected chi connectivity index (χ1v) is 6.00. The highest BCUT2D eigenvalue weighted by Crippen LogP contribution is 2.66. The highest BCUT2D eigenvalue weighted by atomic mass is 14.6. The molecule has 2 fully saturated rings. The van der Waals surface area contributed by atoms with Crippen molar-refractivity contribution in [3.05, 3.63) is 0 Å². The molecular formula is C13H24. The van der Waals surface area contributed by atoms with Gasteiger partial charge in [-0.15, -0.1) is 0 Å². The third kappa shape index (κ3) is 1.17. The van der Waals surface area contributed by atoms with Gasteiger partial charge in [-0.25, -0.2) is 0 Å². The largest absolute Gasteiger partial charge is 0.0654 e. The molecule has 2 aliphatic rings. The third-order valence-corrected chi connectivity index (χ3v) is 5.13. The summed E-state index contributed by atoms with van der Waals surface area (Å²) in [4.78, 5) is 0. The molecule has 3 atom stereocenters. The average molecular weight is 180 g/mol. The van der Waals surface area contributed by atoms with Crippen LogP contribution in [0.3, 0.4) is 0 Å². The molecule has 0 aliphatic heterocycles. The van der Waals surface area contributed by atoms with E-state index in [0.29, 0.717) is 10.8 Å². The topological polar surface area (TPSA) is 0 Å². The third-order valence-electron chi connectivity index (χ3n) is 5.13. The Balaban J connectivity index is 2.21. The first-order valence-electron chi connectivity index (χ1n) is 6.00. The van der Waals surface area contributed by atoms with Gasteiger partial charge in [-0.1, -0.05) is 34.1 Å². The molecule has 0 aromatic carbocycles. The molecule has 0 saturated heterocycles. The molecule has 0 aromatic heterocycles. The fraction of sp³-hybridized carbons (Fsp3) is 1.00. The van der Waals surface area contributed by atoms with Gasteiger partial charge in [0.05, 0.1) is 0 Å². The van der Waals surface area contributed by atoms with E-state index < -0.39 is 0 Å². The van der Waals surface area contributed by atoms with Gasteiger partial charge in [0.15, 0.2) is 0 Å². The van der Waals surface area contributed by atoms with E-state index in [2.05, 4.69) is 27.7 Å². The van der Waals surface area contributed by atoms with Crippen LogP contribution in [0.1, 0.15) is 59.8 Å². The van der Waals surface area contributed by atoms with Gasteiger partial charge in [0.25, 0.3) is 0 Å². The Kier molecular flexibility index (Phi) is 2.02. The second-order valence-electron chi connectivity index (χ2n) is 6.26. The van der Waals surface area contributed by atoms with E-state index in [-0.39, 0.29) is 0 Å². The Labute approximate surface area is 83.1 Å². The van der Waals surface area contributed by atoms with Gasteiger partial charge in [-0.05, 0) is 48.3 Å². The fourth-order valence-corrected chi connectivity index (χ4v) is 4.56. The molecule has 0 heterocycles. The van der Waals surface area contributed by atoms with Crippen molar-refractivity contribution >= 4 is 0 Å². The van der Waals surface area contributed by atoms with Crippen molar-refractivity contribution in [2.75, 3.05) is 0 Å². The van der Waals surface area contributed by atoms with Crippen molar-refractivity contribution in [2.45, 2.75) is 59.8 Å². The predicted molar refractivity (Wildman–Crippen MR) is 57.6 cm³/mol. The van der Waals surface area contributed by atoms with Crippen LogP contribution >= 0.6 is 0 Å². The number of rotatable bonds is 2. The predicted octanol–water partition coefficient (Wildman–Crippen LogP) is 4.25. The minimum Gasteiger partial charge on any atom is -0.0654 e. The Morgan fingerprint density at radius 3 is 2.23 bits per heavy atom. The van der Waals surface area contributed by atoms with E-state index in [1.165, 1.54) is 32.1 Å². The lowest BCUT2D eigenvalue weighted by Crippen LogP contribution is -2.27. The van der Waals surface area contributed by atoms with E-state index in [4.69, 9.17) is 0 Å². The van der Waals surface area contributed by atoms with Crippen LogP contribution in [0.2, 0.25) is 0 Å². The van der Waals surface area contributed by atoms with Crippen molar-refractivity contribution in [1.82, 2.24) is 0 Å². The molecule has 2 saturated carbocycles. The summed E-state index contributed by atoms with van der Waals surface area (Å²) in [6, 6.07) is 0. The van der Waals surface area contributed by atoms with Crippen molar-refractivity contribution in [3.63, 3.8) is 0 Å². The van der Waals surface area contributed by atoms with E-state index >= 15 is 0 Å². The summed E-state index contributed by atoms with van der Waals surface area (Å²) >= 11 is 0. The molecule has 76 valence electrons. The van der Waals surface area contributed by atoms with Crippen molar-refractivity contribution in [1.29, 1.82) is 0 Å². The van der Waals surface area contributed by atoms with E-state index in [9.17, 15) is 0 Å². The quantitative estimate of drug-likeness (QED) is 0.596. The second-order valence-corrected chi connectivity index (χ2v) is 6.26. The molecule has 0 N–H and O–H groups in total. The lowest BCUT2D eigenvalue weighted by molar-refractivity contribution is 0.137. The second kappa shape index (κ2) is 2.74. The van der Waals surface area contributed by atoms with Gasteiger partial charge in [0.1, 0.15) is 0 Å². The molecule has 2 bridgehead atoms. The molecule has 0 spiro atoms. The van der Waals surface area contributed by atoms with E-state index in [1.54, 1.807) is 0 Å². The van der Waals surface area contributed by atoms with Crippen molar-refractivity contribution < 1.29 is 0 Å². The highest BCUT2D eigenvalue weighted by Gasteiger charge is 2.58. The number of hydrogen-bond donors (Lipinski definition) is 0. The monoisotopic (exact) mass is 180 g/mol. The fourth-order valence-electron chi connectivity index (χ4n) is 4.56. The summed E-state index contributed by atoms with van der Waals surface area (Å²) in [5.41, 5.74) is 1.35. The normalized spacial score (nSPS) is 47.1. The summed E-state index contributed by atoms with van der Waals surface area (Å²) in [6.45, 7) is 9.90. The van der Waals surface area contributed by atoms with Crippen LogP contribution in [0.5, 0.6) is 0 Å². The maximum atomic E-state index is 2.54. The molecule has 0 heteroatoms. The number of fused-ring (bicyclic) bond motifs is 2. The maximum Gasteiger partial charge on any atom is -0.0290 e. The first kappa shape index (κ1) is 9.55. The summed E-state index contributed by atoms with van der Waals surface area (Å²) in [7, 11) is 0. The number of hydrogen-bond acceptors (Lipinski definition) is 0. The summed E-state index contributed by atoms with van der Waals surface area (Å²) in [6.07, 6.45) is 7.36. The SMILES string of the molecule is CCCC1(C)CC2CCC1C2(C)C. The Morgan fingerprint density at radius 2 is 1.85 bits per heavy atom. The lowest BCUT2D eigenvalue weighted by atomic mass is 9.69. The van der Waals surface area contributed by atoms with Crippen LogP contribution in [0.25, 0.3) is 0 Å². The van der Waals surface area contributed by atoms with Gasteiger partial charge in [-0.2, -0.15) is 0 Å². The minimum absolute atomic E-state index is 0.657. The van der Waals surface area contributed by atoms with Crippen LogP contribution < -0.4 is 0 Å². The van der Waals surface area contributed by atoms with E-state index in [1.807, 2.05) is 0 Å². The van der Waals surface area contributed by atoms with Gasteiger partial charge in [-0.3, -0.25) is 0 Å². The van der Waals surface area contributed by atoms with Gasteiger partial charge < -0.3 is 0 Å². The van der Waals surface area contributed by atoms with Gasteiger partial charge in [0.2, 0.25) is 0 Å². The molecule has 0 nitrogen and oxygen atoms in total. The Morgan fingerprint density at radius 1 is 1.15 bits per heavy atom. The Bertz CT molecular complexity index is 204. The van der Waals surface area contributed by atoms with Crippen LogP contribution in [0, 0.1) is 22.7 Å². The molecule has 3 unspecified atom stereocenters. The average Bonchev–Trinajstić information content (AvgIpc) is 2.37. The maximum absolute atomic E-state index is 2.54. The molecule has 0 amide bonds. The molecule has 2 aliphatic carbocycles. The van der Waals surface area contributed by atoms with Gasteiger partial charge >= 0.3 is 0 Å². The first-order chi connectivity index (χ1) is 6.00. The zero-order valence-electron chi connectivity index (χ0n) is 9.69. The molecular weight excluding hydrogens is 156 g/mol. The van der Waals surface area contributed by atoms with Crippen LogP contribution in [-0.4, -0.2) is 0 Å². The minimum atomic E-state index is 0.657. The zero-order chi connectivity index (χ0) is 9.69. The van der Waals surface area contributed by atoms with Gasteiger partial charge in [0, 0.05) is 0 Å². The van der Waals surface area contributed by atoms with Crippen molar-refractivity contribution in [2.24, 2.45) is 22.7 Å². The van der Waals surface area contributed by atoms with Crippen molar-refractivity contribution in [3.8, 4) is 0 Å². The summed E-state index contributed by atoms with van der Waals surface area (Å²) < 4.78 is 0.